The Hall–Kier alpha value is -1.56. The molecule has 1 aromatic heterocycles. The summed E-state index contributed by atoms with van der Waals surface area (Å²) in [6, 6.07) is 6.89. The van der Waals surface area contributed by atoms with Crippen LogP contribution in [0, 0.1) is 0 Å². The number of halogens is 2. The predicted molar refractivity (Wildman–Crippen MR) is 83.7 cm³/mol. The lowest BCUT2D eigenvalue weighted by Gasteiger charge is -2.12. The van der Waals surface area contributed by atoms with Gasteiger partial charge in [-0.15, -0.1) is 0 Å². The number of aromatic nitrogens is 2. The number of ether oxygens (including phenoxy) is 2. The van der Waals surface area contributed by atoms with Crippen molar-refractivity contribution in [1.82, 2.24) is 9.97 Å². The first-order valence-corrected chi connectivity index (χ1v) is 7.09. The van der Waals surface area contributed by atoms with Gasteiger partial charge >= 0.3 is 0 Å². The molecule has 0 aliphatic carbocycles. The number of nitrogens with zero attached hydrogens (tertiary/aromatic N) is 2. The highest BCUT2D eigenvalue weighted by atomic mass is 35.5. The van der Waals surface area contributed by atoms with Crippen molar-refractivity contribution in [1.29, 1.82) is 0 Å². The highest BCUT2D eigenvalue weighted by Crippen LogP contribution is 2.30. The third-order valence-corrected chi connectivity index (χ3v) is 3.03. The maximum atomic E-state index is 6.00. The van der Waals surface area contributed by atoms with Gasteiger partial charge in [0.15, 0.2) is 5.82 Å². The fraction of sp³-hybridized carbons (Fsp3) is 0.286. The topological polar surface area (TPSA) is 56.3 Å². The molecule has 5 nitrogen and oxygen atoms in total. The minimum absolute atomic E-state index is 0.304. The molecule has 21 heavy (non-hydrogen) atoms. The van der Waals surface area contributed by atoms with Crippen LogP contribution >= 0.6 is 23.2 Å². The van der Waals surface area contributed by atoms with Gasteiger partial charge in [0.25, 0.3) is 0 Å². The number of hydrogen-bond acceptors (Lipinski definition) is 5. The lowest BCUT2D eigenvalue weighted by Crippen LogP contribution is -2.03. The van der Waals surface area contributed by atoms with E-state index in [4.69, 9.17) is 32.7 Å². The van der Waals surface area contributed by atoms with E-state index in [0.717, 1.165) is 0 Å². The molecule has 0 radical (unpaired) electrons. The van der Waals surface area contributed by atoms with Gasteiger partial charge < -0.3 is 14.8 Å². The average molecular weight is 328 g/mol. The molecule has 1 N–H and O–H groups in total. The van der Waals surface area contributed by atoms with E-state index in [1.165, 1.54) is 0 Å². The van der Waals surface area contributed by atoms with E-state index < -0.39 is 0 Å². The van der Waals surface area contributed by atoms with Crippen molar-refractivity contribution in [2.75, 3.05) is 19.0 Å². The standard InChI is InChI=1S/C14H15Cl2N3O2/c1-3-21-8-14-18-12(16)7-13(19-14)17-10-6-9(15)4-5-11(10)20-2/h4-7H,3,8H2,1-2H3,(H,17,18,19). The number of anilines is 2. The van der Waals surface area contributed by atoms with Gasteiger partial charge in [-0.25, -0.2) is 9.97 Å². The lowest BCUT2D eigenvalue weighted by molar-refractivity contribution is 0.128. The number of hydrogen-bond donors (Lipinski definition) is 1. The predicted octanol–water partition coefficient (Wildman–Crippen LogP) is 4.07. The molecule has 0 saturated heterocycles. The average Bonchev–Trinajstić information content (AvgIpc) is 2.45. The molecule has 0 amide bonds. The summed E-state index contributed by atoms with van der Waals surface area (Å²) >= 11 is 12.0. The Labute approximate surface area is 133 Å². The molecule has 1 heterocycles. The van der Waals surface area contributed by atoms with E-state index in [9.17, 15) is 0 Å². The quantitative estimate of drug-likeness (QED) is 0.810. The molecule has 0 aliphatic rings. The van der Waals surface area contributed by atoms with Crippen molar-refractivity contribution < 1.29 is 9.47 Å². The molecule has 112 valence electrons. The Bertz CT molecular complexity index is 623. The van der Waals surface area contributed by atoms with Crippen LogP contribution in [-0.2, 0) is 11.3 Å². The van der Waals surface area contributed by atoms with Crippen LogP contribution in [0.15, 0.2) is 24.3 Å². The fourth-order valence-electron chi connectivity index (χ4n) is 1.70. The molecule has 2 aromatic rings. The molecule has 0 aliphatic heterocycles. The zero-order chi connectivity index (χ0) is 15.2. The Morgan fingerprint density at radius 2 is 2.00 bits per heavy atom. The van der Waals surface area contributed by atoms with Crippen molar-refractivity contribution >= 4 is 34.7 Å². The molecule has 1 aromatic carbocycles. The summed E-state index contributed by atoms with van der Waals surface area (Å²) in [6.45, 7) is 2.79. The van der Waals surface area contributed by atoms with Crippen LogP contribution < -0.4 is 10.1 Å². The van der Waals surface area contributed by atoms with Gasteiger partial charge in [0.05, 0.1) is 12.8 Å². The summed E-state index contributed by atoms with van der Waals surface area (Å²) in [5.74, 6) is 1.71. The van der Waals surface area contributed by atoms with Crippen molar-refractivity contribution in [2.24, 2.45) is 0 Å². The largest absolute Gasteiger partial charge is 0.495 e. The summed E-state index contributed by atoms with van der Waals surface area (Å²) in [4.78, 5) is 8.45. The normalized spacial score (nSPS) is 10.5. The minimum Gasteiger partial charge on any atom is -0.495 e. The molecule has 0 fully saturated rings. The van der Waals surface area contributed by atoms with Crippen LogP contribution in [-0.4, -0.2) is 23.7 Å². The first-order valence-electron chi connectivity index (χ1n) is 6.34. The third-order valence-electron chi connectivity index (χ3n) is 2.60. The van der Waals surface area contributed by atoms with Gasteiger partial charge in [-0.3, -0.25) is 0 Å². The van der Waals surface area contributed by atoms with Crippen molar-refractivity contribution in [2.45, 2.75) is 13.5 Å². The van der Waals surface area contributed by atoms with Gasteiger partial charge in [0, 0.05) is 17.7 Å². The number of methoxy groups -OCH3 is 1. The maximum Gasteiger partial charge on any atom is 0.158 e. The molecule has 0 bridgehead atoms. The first kappa shape index (κ1) is 15.8. The highest BCUT2D eigenvalue weighted by Gasteiger charge is 2.08. The molecular weight excluding hydrogens is 313 g/mol. The van der Waals surface area contributed by atoms with Crippen LogP contribution in [0.2, 0.25) is 10.2 Å². The van der Waals surface area contributed by atoms with E-state index in [1.807, 2.05) is 6.92 Å². The van der Waals surface area contributed by atoms with Gasteiger partial charge in [-0.2, -0.15) is 0 Å². The van der Waals surface area contributed by atoms with Crippen LogP contribution in [0.1, 0.15) is 12.7 Å². The van der Waals surface area contributed by atoms with E-state index >= 15 is 0 Å². The molecule has 7 heteroatoms. The van der Waals surface area contributed by atoms with Crippen LogP contribution in [0.4, 0.5) is 11.5 Å². The van der Waals surface area contributed by atoms with Crippen molar-refractivity contribution in [3.8, 4) is 5.75 Å². The monoisotopic (exact) mass is 327 g/mol. The molecule has 2 rings (SSSR count). The molecule has 0 unspecified atom stereocenters. The Kier molecular flexibility index (Phi) is 5.61. The Morgan fingerprint density at radius 3 is 2.71 bits per heavy atom. The minimum atomic E-state index is 0.304. The SMILES string of the molecule is CCOCc1nc(Cl)cc(Nc2cc(Cl)ccc2OC)n1. The van der Waals surface area contributed by atoms with Gasteiger partial charge in [0.1, 0.15) is 23.3 Å². The van der Waals surface area contributed by atoms with E-state index in [-0.39, 0.29) is 0 Å². The van der Waals surface area contributed by atoms with Crippen molar-refractivity contribution in [3.63, 3.8) is 0 Å². The van der Waals surface area contributed by atoms with Gasteiger partial charge in [-0.05, 0) is 25.1 Å². The summed E-state index contributed by atoms with van der Waals surface area (Å²) in [5, 5.41) is 4.05. The Morgan fingerprint density at radius 1 is 1.19 bits per heavy atom. The molecule has 0 saturated carbocycles. The zero-order valence-corrected chi connectivity index (χ0v) is 13.2. The highest BCUT2D eigenvalue weighted by molar-refractivity contribution is 6.31. The summed E-state index contributed by atoms with van der Waals surface area (Å²) in [5.41, 5.74) is 0.696. The number of nitrogens with one attached hydrogen (secondary N) is 1. The molecule has 0 spiro atoms. The molecule has 0 atom stereocenters. The molecular formula is C14H15Cl2N3O2. The van der Waals surface area contributed by atoms with Crippen LogP contribution in [0.5, 0.6) is 5.75 Å². The Balaban J connectivity index is 2.26. The van der Waals surface area contributed by atoms with E-state index in [2.05, 4.69) is 15.3 Å². The van der Waals surface area contributed by atoms with Crippen LogP contribution in [0.3, 0.4) is 0 Å². The lowest BCUT2D eigenvalue weighted by atomic mass is 10.3. The summed E-state index contributed by atoms with van der Waals surface area (Å²) in [7, 11) is 1.59. The second kappa shape index (κ2) is 7.45. The maximum absolute atomic E-state index is 6.00. The second-order valence-electron chi connectivity index (χ2n) is 4.10. The van der Waals surface area contributed by atoms with E-state index in [1.54, 1.807) is 31.4 Å². The summed E-state index contributed by atoms with van der Waals surface area (Å²) < 4.78 is 10.6. The number of rotatable bonds is 6. The third kappa shape index (κ3) is 4.46. The van der Waals surface area contributed by atoms with Crippen molar-refractivity contribution in [3.05, 3.63) is 40.3 Å². The van der Waals surface area contributed by atoms with Gasteiger partial charge in [0.2, 0.25) is 0 Å². The fourth-order valence-corrected chi connectivity index (χ4v) is 2.08. The number of benzene rings is 1. The summed E-state index contributed by atoms with van der Waals surface area (Å²) in [6.07, 6.45) is 0. The van der Waals surface area contributed by atoms with Crippen LogP contribution in [0.25, 0.3) is 0 Å². The zero-order valence-electron chi connectivity index (χ0n) is 11.7. The second-order valence-corrected chi connectivity index (χ2v) is 4.92. The van der Waals surface area contributed by atoms with E-state index in [0.29, 0.717) is 46.5 Å². The first-order chi connectivity index (χ1) is 10.1. The van der Waals surface area contributed by atoms with Gasteiger partial charge in [-0.1, -0.05) is 23.2 Å². The smallest absolute Gasteiger partial charge is 0.158 e.